The summed E-state index contributed by atoms with van der Waals surface area (Å²) in [6.07, 6.45) is 1.57. The molecule has 8 nitrogen and oxygen atoms in total. The van der Waals surface area contributed by atoms with E-state index in [1.807, 2.05) is 0 Å². The van der Waals surface area contributed by atoms with Crippen molar-refractivity contribution in [1.82, 2.24) is 9.13 Å². The number of thiophene rings is 1. The van der Waals surface area contributed by atoms with Crippen LogP contribution in [0.25, 0.3) is 17.1 Å². The van der Waals surface area contributed by atoms with Gasteiger partial charge in [-0.1, -0.05) is 6.07 Å². The average Bonchev–Trinajstić information content (AvgIpc) is 3.35. The molecule has 1 aliphatic heterocycles. The second-order valence-electron chi connectivity index (χ2n) is 6.66. The molecule has 29 heavy (non-hydrogen) atoms. The molecule has 9 heteroatoms. The molecule has 2 aromatic heterocycles. The SMILES string of the molecule is COC(=O)c1sccc1N1C(=O)C/C(=C\c2ccc3c(c2)n(C)c(=O)n3C)C1=O. The highest BCUT2D eigenvalue weighted by atomic mass is 32.1. The van der Waals surface area contributed by atoms with Crippen LogP contribution >= 0.6 is 11.3 Å². The summed E-state index contributed by atoms with van der Waals surface area (Å²) in [4.78, 5) is 50.7. The molecule has 2 amide bonds. The number of anilines is 1. The highest BCUT2D eigenvalue weighted by Gasteiger charge is 2.37. The van der Waals surface area contributed by atoms with Crippen LogP contribution in [0.4, 0.5) is 5.69 Å². The summed E-state index contributed by atoms with van der Waals surface area (Å²) in [6, 6.07) is 6.95. The van der Waals surface area contributed by atoms with Crippen molar-refractivity contribution in [2.45, 2.75) is 6.42 Å². The van der Waals surface area contributed by atoms with Gasteiger partial charge in [0.1, 0.15) is 4.88 Å². The number of amides is 2. The van der Waals surface area contributed by atoms with Crippen LogP contribution in [-0.4, -0.2) is 34.0 Å². The molecule has 0 atom stereocenters. The third-order valence-corrected chi connectivity index (χ3v) is 5.85. The van der Waals surface area contributed by atoms with E-state index in [4.69, 9.17) is 4.74 Å². The van der Waals surface area contributed by atoms with Crippen LogP contribution in [0.3, 0.4) is 0 Å². The van der Waals surface area contributed by atoms with Crippen molar-refractivity contribution in [3.8, 4) is 0 Å². The Morgan fingerprint density at radius 2 is 1.83 bits per heavy atom. The van der Waals surface area contributed by atoms with Crippen molar-refractivity contribution in [2.75, 3.05) is 12.0 Å². The Labute approximate surface area is 169 Å². The summed E-state index contributed by atoms with van der Waals surface area (Å²) in [5.41, 5.74) is 2.62. The van der Waals surface area contributed by atoms with E-state index in [0.29, 0.717) is 11.1 Å². The Balaban J connectivity index is 1.73. The Hall–Kier alpha value is -3.46. The van der Waals surface area contributed by atoms with Gasteiger partial charge in [-0.2, -0.15) is 0 Å². The van der Waals surface area contributed by atoms with E-state index < -0.39 is 17.8 Å². The topological polar surface area (TPSA) is 90.6 Å². The molecule has 3 heterocycles. The quantitative estimate of drug-likeness (QED) is 0.374. The van der Waals surface area contributed by atoms with Crippen LogP contribution in [0.2, 0.25) is 0 Å². The number of hydrogen-bond acceptors (Lipinski definition) is 6. The third kappa shape index (κ3) is 2.90. The van der Waals surface area contributed by atoms with Gasteiger partial charge in [0.2, 0.25) is 5.91 Å². The third-order valence-electron chi connectivity index (χ3n) is 4.96. The molecule has 0 unspecified atom stereocenters. The van der Waals surface area contributed by atoms with Gasteiger partial charge in [0.05, 0.1) is 30.3 Å². The first-order chi connectivity index (χ1) is 13.8. The number of imide groups is 1. The maximum atomic E-state index is 12.9. The van der Waals surface area contributed by atoms with Gasteiger partial charge in [-0.3, -0.25) is 18.7 Å². The lowest BCUT2D eigenvalue weighted by atomic mass is 10.1. The molecule has 0 aliphatic carbocycles. The number of carbonyl (C=O) groups excluding carboxylic acids is 3. The zero-order valence-corrected chi connectivity index (χ0v) is 16.8. The number of aromatic nitrogens is 2. The summed E-state index contributed by atoms with van der Waals surface area (Å²) in [6.45, 7) is 0. The maximum absolute atomic E-state index is 12.9. The highest BCUT2D eigenvalue weighted by Crippen LogP contribution is 2.33. The van der Waals surface area contributed by atoms with Gasteiger partial charge < -0.3 is 4.74 Å². The number of esters is 1. The molecule has 0 N–H and O–H groups in total. The lowest BCUT2D eigenvalue weighted by molar-refractivity contribution is -0.120. The minimum Gasteiger partial charge on any atom is -0.465 e. The van der Waals surface area contributed by atoms with E-state index in [-0.39, 0.29) is 22.7 Å². The fraction of sp³-hybridized carbons (Fsp3) is 0.200. The van der Waals surface area contributed by atoms with Crippen molar-refractivity contribution >= 4 is 51.9 Å². The van der Waals surface area contributed by atoms with Crippen LogP contribution < -0.4 is 10.6 Å². The number of fused-ring (bicyclic) bond motifs is 1. The molecule has 3 aromatic rings. The predicted octanol–water partition coefficient (Wildman–Crippen LogP) is 2.07. The van der Waals surface area contributed by atoms with Crippen molar-refractivity contribution < 1.29 is 19.1 Å². The number of ether oxygens (including phenoxy) is 1. The number of rotatable bonds is 3. The molecule has 1 fully saturated rings. The van der Waals surface area contributed by atoms with Gasteiger partial charge in [-0.25, -0.2) is 14.5 Å². The van der Waals surface area contributed by atoms with Gasteiger partial charge in [0, 0.05) is 19.7 Å². The zero-order chi connectivity index (χ0) is 20.9. The first-order valence-electron chi connectivity index (χ1n) is 8.72. The van der Waals surface area contributed by atoms with Gasteiger partial charge in [-0.05, 0) is 35.2 Å². The average molecular weight is 411 g/mol. The molecular weight excluding hydrogens is 394 g/mol. The molecule has 0 bridgehead atoms. The maximum Gasteiger partial charge on any atom is 0.350 e. The lowest BCUT2D eigenvalue weighted by Crippen LogP contribution is -2.29. The van der Waals surface area contributed by atoms with E-state index in [2.05, 4.69) is 0 Å². The molecule has 0 saturated carbocycles. The largest absolute Gasteiger partial charge is 0.465 e. The van der Waals surface area contributed by atoms with Crippen LogP contribution in [0, 0.1) is 0 Å². The summed E-state index contributed by atoms with van der Waals surface area (Å²) < 4.78 is 7.80. The number of imidazole rings is 1. The number of carbonyl (C=O) groups is 3. The van der Waals surface area contributed by atoms with E-state index in [1.165, 1.54) is 11.7 Å². The fourth-order valence-corrected chi connectivity index (χ4v) is 4.26. The summed E-state index contributed by atoms with van der Waals surface area (Å²) in [5.74, 6) is -1.47. The molecule has 1 aliphatic rings. The van der Waals surface area contributed by atoms with Crippen molar-refractivity contribution in [3.05, 3.63) is 56.1 Å². The predicted molar refractivity (Wildman–Crippen MR) is 109 cm³/mol. The molecule has 0 spiro atoms. The molecule has 0 radical (unpaired) electrons. The summed E-state index contributed by atoms with van der Waals surface area (Å²) in [7, 11) is 4.62. The first-order valence-corrected chi connectivity index (χ1v) is 9.60. The fourth-order valence-electron chi connectivity index (χ4n) is 3.47. The number of nitrogens with zero attached hydrogens (tertiary/aromatic N) is 3. The monoisotopic (exact) mass is 411 g/mol. The van der Waals surface area contributed by atoms with Gasteiger partial charge in [0.15, 0.2) is 0 Å². The summed E-state index contributed by atoms with van der Waals surface area (Å²) >= 11 is 1.11. The van der Waals surface area contributed by atoms with Crippen LogP contribution in [0.1, 0.15) is 21.7 Å². The Kier molecular flexibility index (Phi) is 4.46. The number of benzene rings is 1. The van der Waals surface area contributed by atoms with Gasteiger partial charge >= 0.3 is 11.7 Å². The molecule has 1 aromatic carbocycles. The molecule has 148 valence electrons. The van der Waals surface area contributed by atoms with Crippen LogP contribution in [0.5, 0.6) is 0 Å². The second kappa shape index (κ2) is 6.85. The van der Waals surface area contributed by atoms with Crippen LogP contribution in [-0.2, 0) is 28.4 Å². The minimum atomic E-state index is -0.594. The van der Waals surface area contributed by atoms with E-state index >= 15 is 0 Å². The number of aryl methyl sites for hydroxylation is 2. The highest BCUT2D eigenvalue weighted by molar-refractivity contribution is 7.12. The van der Waals surface area contributed by atoms with Crippen LogP contribution in [0.15, 0.2) is 40.0 Å². The Morgan fingerprint density at radius 1 is 1.10 bits per heavy atom. The van der Waals surface area contributed by atoms with Crippen molar-refractivity contribution in [1.29, 1.82) is 0 Å². The molecule has 1 saturated heterocycles. The van der Waals surface area contributed by atoms with Gasteiger partial charge in [0.25, 0.3) is 5.91 Å². The Bertz CT molecular complexity index is 1280. The van der Waals surface area contributed by atoms with E-state index in [1.54, 1.807) is 54.4 Å². The minimum absolute atomic E-state index is 0.0684. The first kappa shape index (κ1) is 18.9. The van der Waals surface area contributed by atoms with Crippen molar-refractivity contribution in [3.63, 3.8) is 0 Å². The smallest absolute Gasteiger partial charge is 0.350 e. The standard InChI is InChI=1S/C20H17N3O5S/c1-21-13-5-4-11(9-15(13)22(2)20(21)27)8-12-10-16(24)23(18(12)25)14-6-7-29-17(14)19(26)28-3/h4-9H,10H2,1-3H3/b12-8+. The molecular formula is C20H17N3O5S. The Morgan fingerprint density at radius 3 is 2.55 bits per heavy atom. The summed E-state index contributed by atoms with van der Waals surface area (Å²) in [5, 5.41) is 1.63. The van der Waals surface area contributed by atoms with E-state index in [0.717, 1.165) is 27.3 Å². The normalized spacial score (nSPS) is 15.7. The second-order valence-corrected chi connectivity index (χ2v) is 7.57. The lowest BCUT2D eigenvalue weighted by Gasteiger charge is -2.13. The number of hydrogen-bond donors (Lipinski definition) is 0. The molecule has 4 rings (SSSR count). The van der Waals surface area contributed by atoms with Gasteiger partial charge in [-0.15, -0.1) is 11.3 Å². The zero-order valence-electron chi connectivity index (χ0n) is 16.0. The van der Waals surface area contributed by atoms with Crippen molar-refractivity contribution in [2.24, 2.45) is 14.1 Å². The number of methoxy groups -OCH3 is 1. The van der Waals surface area contributed by atoms with E-state index in [9.17, 15) is 19.2 Å².